The molecule has 4 atom stereocenters. The van der Waals surface area contributed by atoms with Gasteiger partial charge in [-0.2, -0.15) is 15.2 Å². The molecule has 2 aromatic heterocycles. The highest BCUT2D eigenvalue weighted by atomic mass is 35.5. The van der Waals surface area contributed by atoms with Gasteiger partial charge in [0.25, 0.3) is 0 Å². The Labute approximate surface area is 279 Å². The second kappa shape index (κ2) is 12.2. The summed E-state index contributed by atoms with van der Waals surface area (Å²) in [7, 11) is 3.68. The van der Waals surface area contributed by atoms with E-state index in [4.69, 9.17) is 31.8 Å². The summed E-state index contributed by atoms with van der Waals surface area (Å²) < 4.78 is 44.9. The van der Waals surface area contributed by atoms with E-state index in [2.05, 4.69) is 20.1 Å². The number of nitriles is 1. The Kier molecular flexibility index (Phi) is 8.22. The van der Waals surface area contributed by atoms with E-state index in [1.165, 1.54) is 12.1 Å². The number of halogens is 3. The summed E-state index contributed by atoms with van der Waals surface area (Å²) in [5.74, 6) is -0.931. The van der Waals surface area contributed by atoms with Gasteiger partial charge in [-0.3, -0.25) is 9.69 Å². The number of amides is 1. The van der Waals surface area contributed by atoms with E-state index in [1.54, 1.807) is 7.05 Å². The van der Waals surface area contributed by atoms with Crippen LogP contribution in [-0.4, -0.2) is 72.8 Å². The molecule has 2 aromatic carbocycles. The van der Waals surface area contributed by atoms with Crippen molar-refractivity contribution in [1.82, 2.24) is 20.2 Å². The Hall–Kier alpha value is -3.99. The fourth-order valence-corrected chi connectivity index (χ4v) is 8.82. The van der Waals surface area contributed by atoms with Gasteiger partial charge in [-0.05, 0) is 64.3 Å². The van der Waals surface area contributed by atoms with Gasteiger partial charge in [0.1, 0.15) is 40.9 Å². The lowest BCUT2D eigenvalue weighted by Crippen LogP contribution is -2.39. The number of fused-ring (bicyclic) bond motifs is 1. The average molecular weight is 682 g/mol. The third-order valence-electron chi connectivity index (χ3n) is 9.87. The first-order valence-electron chi connectivity index (χ1n) is 15.7. The molecule has 10 nitrogen and oxygen atoms in total. The third kappa shape index (κ3) is 5.17. The average Bonchev–Trinajstić information content (AvgIpc) is 3.77. The molecule has 1 amide bonds. The molecule has 4 heterocycles. The van der Waals surface area contributed by atoms with E-state index < -0.39 is 11.6 Å². The van der Waals surface area contributed by atoms with Crippen LogP contribution in [0, 0.1) is 28.9 Å². The number of hydrogen-bond acceptors (Lipinski definition) is 10. The van der Waals surface area contributed by atoms with Gasteiger partial charge in [-0.15, -0.1) is 11.3 Å². The van der Waals surface area contributed by atoms with Crippen LogP contribution in [0.3, 0.4) is 0 Å². The van der Waals surface area contributed by atoms with Crippen LogP contribution in [0.15, 0.2) is 12.1 Å². The van der Waals surface area contributed by atoms with Crippen LogP contribution in [0.25, 0.3) is 32.1 Å². The standard InChI is InChI=1S/C33H34ClF2N7O3S/c1-15(21-5-4-10-42(21)3)46-33-40-27-24-28(45-12-11-43(31(24)41-33)17-7-6-16(13-17)32(44)39-2)25(34)23(26(27)36)18-8-9-20(35)29-22(18)19(14-37)30(38)47-29/h8-9,15-17,21H,4-7,10-13,38H2,1-3H3,(H,39,44)/t15-,16?,17?,21-/m0/s1. The number of nitrogen functional groups attached to an aromatic ring is 1. The van der Waals surface area contributed by atoms with Crippen molar-refractivity contribution in [2.75, 3.05) is 44.4 Å². The summed E-state index contributed by atoms with van der Waals surface area (Å²) in [5, 5.41) is 13.2. The predicted molar refractivity (Wildman–Crippen MR) is 178 cm³/mol. The van der Waals surface area contributed by atoms with E-state index in [-0.39, 0.29) is 90.7 Å². The maximum absolute atomic E-state index is 17.2. The molecule has 246 valence electrons. The van der Waals surface area contributed by atoms with Gasteiger partial charge in [0.2, 0.25) is 5.91 Å². The van der Waals surface area contributed by atoms with Gasteiger partial charge < -0.3 is 25.4 Å². The van der Waals surface area contributed by atoms with Crippen LogP contribution >= 0.6 is 22.9 Å². The molecule has 0 bridgehead atoms. The lowest BCUT2D eigenvalue weighted by molar-refractivity contribution is -0.124. The van der Waals surface area contributed by atoms with Gasteiger partial charge in [-0.25, -0.2) is 8.78 Å². The van der Waals surface area contributed by atoms with Gasteiger partial charge >= 0.3 is 6.01 Å². The Morgan fingerprint density at radius 2 is 2.06 bits per heavy atom. The lowest BCUT2D eigenvalue weighted by atomic mass is 9.96. The number of ether oxygens (including phenoxy) is 2. The normalized spacial score (nSPS) is 21.9. The maximum atomic E-state index is 17.2. The number of nitrogens with one attached hydrogen (secondary N) is 1. The predicted octanol–water partition coefficient (Wildman–Crippen LogP) is 5.87. The molecule has 2 fully saturated rings. The summed E-state index contributed by atoms with van der Waals surface area (Å²) in [5.41, 5.74) is 6.19. The van der Waals surface area contributed by atoms with Crippen molar-refractivity contribution in [1.29, 1.82) is 5.26 Å². The molecule has 3 N–H and O–H groups in total. The fraction of sp³-hybridized carbons (Fsp3) is 0.455. The fourth-order valence-electron chi connectivity index (χ4n) is 7.54. The summed E-state index contributed by atoms with van der Waals surface area (Å²) in [6.07, 6.45) is 3.74. The zero-order valence-corrected chi connectivity index (χ0v) is 27.8. The Bertz CT molecular complexity index is 1970. The topological polar surface area (TPSA) is 130 Å². The molecule has 0 radical (unpaired) electrons. The van der Waals surface area contributed by atoms with Crippen molar-refractivity contribution >= 4 is 60.7 Å². The number of hydrogen-bond donors (Lipinski definition) is 2. The molecule has 2 aliphatic heterocycles. The number of nitrogens with two attached hydrogens (primary N) is 1. The van der Waals surface area contributed by atoms with Gasteiger partial charge in [0.05, 0.1) is 27.2 Å². The highest BCUT2D eigenvalue weighted by Gasteiger charge is 2.38. The first kappa shape index (κ1) is 31.6. The molecule has 7 rings (SSSR count). The number of aromatic nitrogens is 2. The van der Waals surface area contributed by atoms with E-state index in [9.17, 15) is 14.4 Å². The van der Waals surface area contributed by atoms with Gasteiger partial charge in [-0.1, -0.05) is 17.7 Å². The Morgan fingerprint density at radius 1 is 1.26 bits per heavy atom. The van der Waals surface area contributed by atoms with E-state index in [1.807, 2.05) is 20.0 Å². The lowest BCUT2D eigenvalue weighted by Gasteiger charge is -2.30. The van der Waals surface area contributed by atoms with Gasteiger partial charge in [0.15, 0.2) is 11.6 Å². The van der Waals surface area contributed by atoms with Crippen molar-refractivity contribution < 1.29 is 23.0 Å². The smallest absolute Gasteiger partial charge is 0.319 e. The minimum atomic E-state index is -0.783. The molecule has 1 aliphatic carbocycles. The van der Waals surface area contributed by atoms with Crippen molar-refractivity contribution in [3.05, 3.63) is 34.4 Å². The first-order chi connectivity index (χ1) is 22.6. The molecule has 1 saturated carbocycles. The minimum Gasteiger partial charge on any atom is -0.489 e. The summed E-state index contributed by atoms with van der Waals surface area (Å²) >= 11 is 7.95. The minimum absolute atomic E-state index is 0.00733. The zero-order chi connectivity index (χ0) is 33.1. The van der Waals surface area contributed by atoms with Crippen molar-refractivity contribution in [2.45, 2.75) is 57.2 Å². The Morgan fingerprint density at radius 3 is 2.79 bits per heavy atom. The number of likely N-dealkylation sites (tertiary alicyclic amines) is 1. The van der Waals surface area contributed by atoms with E-state index in [0.29, 0.717) is 30.6 Å². The molecule has 0 spiro atoms. The molecular formula is C33H34ClF2N7O3S. The number of likely N-dealkylation sites (N-methyl/N-ethyl adjacent to an activating group) is 1. The second-order valence-corrected chi connectivity index (χ2v) is 13.9. The number of nitrogens with zero attached hydrogens (tertiary/aromatic N) is 5. The summed E-state index contributed by atoms with van der Waals surface area (Å²) in [4.78, 5) is 26.3. The molecule has 1 saturated heterocycles. The maximum Gasteiger partial charge on any atom is 0.319 e. The molecule has 14 heteroatoms. The SMILES string of the molecule is CNC(=O)C1CCC(N2CCOc3c(Cl)c(-c4ccc(F)c5sc(N)c(C#N)c45)c(F)c4nc(O[C@@H](C)[C@@H]5CCCN5C)nc2c34)C1. The number of carbonyl (C=O) groups excluding carboxylic acids is 1. The van der Waals surface area contributed by atoms with Crippen molar-refractivity contribution in [3.8, 4) is 29.0 Å². The first-order valence-corrected chi connectivity index (χ1v) is 16.9. The Balaban J connectivity index is 1.45. The van der Waals surface area contributed by atoms with Crippen LogP contribution in [0.5, 0.6) is 11.8 Å². The highest BCUT2D eigenvalue weighted by molar-refractivity contribution is 7.23. The number of thiophene rings is 1. The van der Waals surface area contributed by atoms with Crippen molar-refractivity contribution in [3.63, 3.8) is 0 Å². The summed E-state index contributed by atoms with van der Waals surface area (Å²) in [6.45, 7) is 3.51. The van der Waals surface area contributed by atoms with Crippen LogP contribution in [0.1, 0.15) is 44.6 Å². The highest BCUT2D eigenvalue weighted by Crippen LogP contribution is 2.51. The van der Waals surface area contributed by atoms with Crippen molar-refractivity contribution in [2.24, 2.45) is 5.92 Å². The van der Waals surface area contributed by atoms with Gasteiger partial charge in [0, 0.05) is 36.0 Å². The van der Waals surface area contributed by atoms with Crippen LogP contribution in [-0.2, 0) is 4.79 Å². The molecule has 2 unspecified atom stereocenters. The molecule has 4 aromatic rings. The number of rotatable bonds is 6. The number of anilines is 2. The molecule has 47 heavy (non-hydrogen) atoms. The zero-order valence-electron chi connectivity index (χ0n) is 26.2. The van der Waals surface area contributed by atoms with Crippen LogP contribution < -0.4 is 25.4 Å². The third-order valence-corrected chi connectivity index (χ3v) is 11.3. The van der Waals surface area contributed by atoms with E-state index >= 15 is 4.39 Å². The number of benzene rings is 2. The quantitative estimate of drug-likeness (QED) is 0.257. The van der Waals surface area contributed by atoms with Crippen LogP contribution in [0.4, 0.5) is 19.6 Å². The number of carbonyl (C=O) groups is 1. The van der Waals surface area contributed by atoms with Crippen LogP contribution in [0.2, 0.25) is 5.02 Å². The monoisotopic (exact) mass is 681 g/mol. The van der Waals surface area contributed by atoms with E-state index in [0.717, 1.165) is 37.1 Å². The molecule has 3 aliphatic rings. The second-order valence-electron chi connectivity index (χ2n) is 12.5. The molecular weight excluding hydrogens is 648 g/mol. The largest absolute Gasteiger partial charge is 0.489 e. The summed E-state index contributed by atoms with van der Waals surface area (Å²) in [6, 6.07) is 4.72.